The average Bonchev–Trinajstić information content (AvgIpc) is 3.16. The topological polar surface area (TPSA) is 79.9 Å². The number of nitrogens with one attached hydrogen (secondary N) is 2. The van der Waals surface area contributed by atoms with Crippen LogP contribution in [-0.2, 0) is 20.7 Å². The first-order valence-corrected chi connectivity index (χ1v) is 8.37. The Balaban J connectivity index is 1.36. The predicted octanol–water partition coefficient (Wildman–Crippen LogP) is 0.780. The molecule has 7 nitrogen and oxygen atoms in total. The Kier molecular flexibility index (Phi) is 3.90. The van der Waals surface area contributed by atoms with E-state index in [4.69, 9.17) is 9.47 Å². The zero-order chi connectivity index (χ0) is 16.6. The molecular formula is C17H21N3O4. The van der Waals surface area contributed by atoms with Gasteiger partial charge in [-0.3, -0.25) is 10.1 Å². The van der Waals surface area contributed by atoms with Crippen LogP contribution >= 0.6 is 0 Å². The zero-order valence-electron chi connectivity index (χ0n) is 13.4. The van der Waals surface area contributed by atoms with Crippen LogP contribution in [0.15, 0.2) is 24.3 Å². The van der Waals surface area contributed by atoms with Gasteiger partial charge in [-0.2, -0.15) is 0 Å². The number of nitrogens with zero attached hydrogens (tertiary/aromatic N) is 1. The molecule has 0 radical (unpaired) electrons. The molecule has 3 saturated heterocycles. The van der Waals surface area contributed by atoms with Crippen LogP contribution in [0.25, 0.3) is 0 Å². The number of carbonyl (C=O) groups excluding carboxylic acids is 2. The average molecular weight is 331 g/mol. The van der Waals surface area contributed by atoms with E-state index in [1.165, 1.54) is 0 Å². The number of piperidine rings is 1. The van der Waals surface area contributed by atoms with Crippen molar-refractivity contribution in [3.05, 3.63) is 29.8 Å². The van der Waals surface area contributed by atoms with E-state index in [0.717, 1.165) is 37.2 Å². The maximum absolute atomic E-state index is 11.6. The Morgan fingerprint density at radius 2 is 1.75 bits per heavy atom. The first kappa shape index (κ1) is 15.4. The smallest absolute Gasteiger partial charge is 0.322 e. The second-order valence-corrected chi connectivity index (χ2v) is 6.48. The van der Waals surface area contributed by atoms with E-state index in [1.807, 2.05) is 12.1 Å². The van der Waals surface area contributed by atoms with E-state index < -0.39 is 12.1 Å². The van der Waals surface area contributed by atoms with Gasteiger partial charge in [-0.15, -0.1) is 0 Å². The Labute approximate surface area is 140 Å². The fourth-order valence-corrected chi connectivity index (χ4v) is 3.57. The quantitative estimate of drug-likeness (QED) is 0.800. The summed E-state index contributed by atoms with van der Waals surface area (Å²) < 4.78 is 11.5. The Bertz CT molecular complexity index is 630. The van der Waals surface area contributed by atoms with Gasteiger partial charge in [0.05, 0.1) is 13.2 Å². The van der Waals surface area contributed by atoms with Gasteiger partial charge in [-0.05, 0) is 17.7 Å². The Morgan fingerprint density at radius 1 is 1.08 bits per heavy atom. The molecule has 1 aromatic rings. The minimum Gasteiger partial charge on any atom is -0.371 e. The van der Waals surface area contributed by atoms with Gasteiger partial charge in [0.1, 0.15) is 6.04 Å². The maximum Gasteiger partial charge on any atom is 0.322 e. The van der Waals surface area contributed by atoms with Gasteiger partial charge >= 0.3 is 6.03 Å². The molecule has 1 atom stereocenters. The van der Waals surface area contributed by atoms with Crippen molar-refractivity contribution in [1.82, 2.24) is 10.6 Å². The summed E-state index contributed by atoms with van der Waals surface area (Å²) >= 11 is 0. The van der Waals surface area contributed by atoms with Crippen LogP contribution in [0.5, 0.6) is 0 Å². The first-order chi connectivity index (χ1) is 11.6. The summed E-state index contributed by atoms with van der Waals surface area (Å²) in [6, 6.07) is 7.27. The van der Waals surface area contributed by atoms with Gasteiger partial charge in [-0.1, -0.05) is 12.1 Å². The molecule has 0 aromatic heterocycles. The molecule has 3 heterocycles. The SMILES string of the molecule is O=C1NC(=O)C(Cc2ccc(N3CCC4(CC3)OCCO4)cc2)N1. The maximum atomic E-state index is 11.6. The molecule has 0 saturated carbocycles. The van der Waals surface area contributed by atoms with Crippen molar-refractivity contribution in [2.75, 3.05) is 31.2 Å². The van der Waals surface area contributed by atoms with E-state index in [-0.39, 0.29) is 11.7 Å². The lowest BCUT2D eigenvalue weighted by Gasteiger charge is -2.38. The van der Waals surface area contributed by atoms with Crippen molar-refractivity contribution in [3.8, 4) is 0 Å². The van der Waals surface area contributed by atoms with Crippen LogP contribution in [0.2, 0.25) is 0 Å². The normalized spacial score (nSPS) is 25.8. The van der Waals surface area contributed by atoms with E-state index >= 15 is 0 Å². The molecule has 2 N–H and O–H groups in total. The Hall–Kier alpha value is -2.12. The summed E-state index contributed by atoms with van der Waals surface area (Å²) in [4.78, 5) is 25.1. The number of hydrogen-bond acceptors (Lipinski definition) is 5. The van der Waals surface area contributed by atoms with Gasteiger partial charge in [-0.25, -0.2) is 4.79 Å². The van der Waals surface area contributed by atoms with Crippen LogP contribution < -0.4 is 15.5 Å². The summed E-state index contributed by atoms with van der Waals surface area (Å²) in [6.45, 7) is 3.20. The number of anilines is 1. The van der Waals surface area contributed by atoms with Crippen molar-refractivity contribution in [2.45, 2.75) is 31.1 Å². The lowest BCUT2D eigenvalue weighted by atomic mass is 10.0. The predicted molar refractivity (Wildman–Crippen MR) is 86.7 cm³/mol. The van der Waals surface area contributed by atoms with Crippen molar-refractivity contribution < 1.29 is 19.1 Å². The zero-order valence-corrected chi connectivity index (χ0v) is 13.4. The lowest BCUT2D eigenvalue weighted by molar-refractivity contribution is -0.169. The molecule has 7 heteroatoms. The summed E-state index contributed by atoms with van der Waals surface area (Å²) in [7, 11) is 0. The van der Waals surface area contributed by atoms with Crippen molar-refractivity contribution in [2.24, 2.45) is 0 Å². The third kappa shape index (κ3) is 2.97. The van der Waals surface area contributed by atoms with Crippen LogP contribution in [0, 0.1) is 0 Å². The summed E-state index contributed by atoms with van der Waals surface area (Å²) in [5.74, 6) is -0.619. The molecular weight excluding hydrogens is 310 g/mol. The van der Waals surface area contributed by atoms with Gasteiger partial charge in [0.15, 0.2) is 5.79 Å². The second-order valence-electron chi connectivity index (χ2n) is 6.48. The van der Waals surface area contributed by atoms with Gasteiger partial charge < -0.3 is 19.7 Å². The van der Waals surface area contributed by atoms with Crippen LogP contribution in [0.4, 0.5) is 10.5 Å². The summed E-state index contributed by atoms with van der Waals surface area (Å²) in [6.07, 6.45) is 2.26. The van der Waals surface area contributed by atoms with Crippen LogP contribution in [-0.4, -0.2) is 50.1 Å². The second kappa shape index (κ2) is 6.07. The molecule has 24 heavy (non-hydrogen) atoms. The molecule has 0 bridgehead atoms. The van der Waals surface area contributed by atoms with Crippen LogP contribution in [0.3, 0.4) is 0 Å². The molecule has 1 unspecified atom stereocenters. The highest BCUT2D eigenvalue weighted by Gasteiger charge is 2.39. The fourth-order valence-electron chi connectivity index (χ4n) is 3.57. The number of urea groups is 1. The van der Waals surface area contributed by atoms with Gasteiger partial charge in [0.25, 0.3) is 5.91 Å². The lowest BCUT2D eigenvalue weighted by Crippen LogP contribution is -2.45. The molecule has 128 valence electrons. The molecule has 0 aliphatic carbocycles. The van der Waals surface area contributed by atoms with Gasteiger partial charge in [0.2, 0.25) is 0 Å². The highest BCUT2D eigenvalue weighted by molar-refractivity contribution is 6.04. The number of ether oxygens (including phenoxy) is 2. The molecule has 4 rings (SSSR count). The number of imide groups is 1. The highest BCUT2D eigenvalue weighted by atomic mass is 16.7. The molecule has 3 fully saturated rings. The summed E-state index contributed by atoms with van der Waals surface area (Å²) in [5.41, 5.74) is 2.18. The molecule has 3 aliphatic heterocycles. The standard InChI is InChI=1S/C17H21N3O4/c21-15-14(18-16(22)19-15)11-12-1-3-13(4-2-12)20-7-5-17(6-8-20)23-9-10-24-17/h1-4,14H,5-11H2,(H2,18,19,21,22). The summed E-state index contributed by atoms with van der Waals surface area (Å²) in [5, 5.41) is 4.87. The van der Waals surface area contributed by atoms with E-state index in [0.29, 0.717) is 19.6 Å². The number of amides is 3. The van der Waals surface area contributed by atoms with E-state index in [1.54, 1.807) is 0 Å². The highest BCUT2D eigenvalue weighted by Crippen LogP contribution is 2.33. The number of hydrogen-bond donors (Lipinski definition) is 2. The van der Waals surface area contributed by atoms with Crippen molar-refractivity contribution in [3.63, 3.8) is 0 Å². The minimum absolute atomic E-state index is 0.262. The molecule has 3 amide bonds. The van der Waals surface area contributed by atoms with E-state index in [2.05, 4.69) is 27.7 Å². The Morgan fingerprint density at radius 3 is 2.33 bits per heavy atom. The number of carbonyl (C=O) groups is 2. The third-order valence-corrected chi connectivity index (χ3v) is 4.94. The van der Waals surface area contributed by atoms with Crippen molar-refractivity contribution in [1.29, 1.82) is 0 Å². The minimum atomic E-state index is -0.477. The molecule has 1 spiro atoms. The number of benzene rings is 1. The van der Waals surface area contributed by atoms with Crippen molar-refractivity contribution >= 4 is 17.6 Å². The first-order valence-electron chi connectivity index (χ1n) is 8.37. The van der Waals surface area contributed by atoms with Gasteiger partial charge in [0, 0.05) is 38.0 Å². The third-order valence-electron chi connectivity index (χ3n) is 4.94. The monoisotopic (exact) mass is 331 g/mol. The fraction of sp³-hybridized carbons (Fsp3) is 0.529. The van der Waals surface area contributed by atoms with E-state index in [9.17, 15) is 9.59 Å². The molecule has 1 aromatic carbocycles. The van der Waals surface area contributed by atoms with Crippen LogP contribution in [0.1, 0.15) is 18.4 Å². The number of rotatable bonds is 3. The molecule has 3 aliphatic rings. The largest absolute Gasteiger partial charge is 0.371 e.